The maximum atomic E-state index is 12.9. The molecule has 9 nitrogen and oxygen atoms in total. The smallest absolute Gasteiger partial charge is 0.324 e. The third kappa shape index (κ3) is 4.24. The molecule has 0 unspecified atom stereocenters. The second kappa shape index (κ2) is 9.44. The Morgan fingerprint density at radius 2 is 1.85 bits per heavy atom. The number of rotatable bonds is 4. The molecule has 3 aliphatic rings. The van der Waals surface area contributed by atoms with Crippen molar-refractivity contribution in [3.8, 4) is 5.75 Å². The Hall–Kier alpha value is -3.43. The number of anilines is 1. The number of benzene rings is 1. The van der Waals surface area contributed by atoms with Crippen molar-refractivity contribution in [2.45, 2.75) is 31.7 Å². The van der Waals surface area contributed by atoms with Crippen molar-refractivity contribution in [1.29, 1.82) is 0 Å². The van der Waals surface area contributed by atoms with Crippen molar-refractivity contribution in [3.63, 3.8) is 0 Å². The highest BCUT2D eigenvalue weighted by Gasteiger charge is 2.46. The number of urea groups is 2. The van der Waals surface area contributed by atoms with E-state index in [1.165, 1.54) is 25.9 Å². The number of hydrogen-bond acceptors (Lipinski definition) is 5. The molecule has 4 heterocycles. The monoisotopic (exact) mass is 463 g/mol. The van der Waals surface area contributed by atoms with Crippen LogP contribution in [0.5, 0.6) is 5.75 Å². The van der Waals surface area contributed by atoms with Crippen LogP contribution in [-0.4, -0.2) is 66.1 Å². The third-order valence-corrected chi connectivity index (χ3v) is 6.90. The summed E-state index contributed by atoms with van der Waals surface area (Å²) in [4.78, 5) is 40.7. The van der Waals surface area contributed by atoms with E-state index in [2.05, 4.69) is 20.5 Å². The number of nitrogens with one attached hydrogen (secondary N) is 2. The van der Waals surface area contributed by atoms with Gasteiger partial charge in [-0.05, 0) is 44.8 Å². The van der Waals surface area contributed by atoms with E-state index in [0.717, 1.165) is 31.5 Å². The molecule has 0 bridgehead atoms. The average Bonchev–Trinajstić information content (AvgIpc) is 3.54. The summed E-state index contributed by atoms with van der Waals surface area (Å²) >= 11 is 0. The Balaban J connectivity index is 1.26. The van der Waals surface area contributed by atoms with Gasteiger partial charge in [0.15, 0.2) is 17.6 Å². The van der Waals surface area contributed by atoms with Crippen molar-refractivity contribution >= 4 is 29.6 Å². The Morgan fingerprint density at radius 1 is 1.09 bits per heavy atom. The Kier molecular flexibility index (Phi) is 6.21. The highest BCUT2D eigenvalue weighted by molar-refractivity contribution is 5.93. The fourth-order valence-corrected chi connectivity index (χ4v) is 5.09. The van der Waals surface area contributed by atoms with Gasteiger partial charge in [0.1, 0.15) is 5.82 Å². The van der Waals surface area contributed by atoms with Gasteiger partial charge < -0.3 is 15.1 Å². The molecule has 5 rings (SSSR count). The average molecular weight is 464 g/mol. The second-order valence-electron chi connectivity index (χ2n) is 8.95. The molecule has 0 aliphatic carbocycles. The van der Waals surface area contributed by atoms with E-state index in [1.54, 1.807) is 31.6 Å². The summed E-state index contributed by atoms with van der Waals surface area (Å²) in [6.07, 6.45) is 9.70. The zero-order valence-corrected chi connectivity index (χ0v) is 19.4. The molecule has 1 aromatic carbocycles. The molecular formula is C25H31N6O3+. The lowest BCUT2D eigenvalue weighted by Crippen LogP contribution is -2.55. The van der Waals surface area contributed by atoms with E-state index in [-0.39, 0.29) is 12.1 Å². The van der Waals surface area contributed by atoms with Crippen molar-refractivity contribution < 1.29 is 14.4 Å². The summed E-state index contributed by atoms with van der Waals surface area (Å²) in [5, 5.41) is 5.58. The molecule has 2 N–H and O–H groups in total. The molecule has 3 aliphatic heterocycles. The van der Waals surface area contributed by atoms with Gasteiger partial charge >= 0.3 is 12.1 Å². The predicted octanol–water partition coefficient (Wildman–Crippen LogP) is 3.80. The maximum Gasteiger partial charge on any atom is 0.468 e. The standard InChI is InChI=1S/C25H30N6O3/c1-26-25(33)31(17-11-19-6-2-3-7-22(19)31)34-21-8-12-27-23(18-21)28-24(32)30-15-9-20(10-16-30)29-13-4-5-14-29/h2-3,6-8,11-12,17-18,20H,4-5,9-10,13-16H2,1H3,(H-,26,27,28,32,33)/p+1/t31-/m1/s1. The number of hydrogen-bond donors (Lipinski definition) is 2. The molecule has 2 aromatic rings. The first kappa shape index (κ1) is 22.4. The number of nitrogens with zero attached hydrogens (tertiary/aromatic N) is 4. The number of hydroxylamine groups is 2. The number of fused-ring (bicyclic) bond motifs is 1. The summed E-state index contributed by atoms with van der Waals surface area (Å²) < 4.78 is -0.450. The topological polar surface area (TPSA) is 86.8 Å². The number of quaternary nitrogens is 1. The number of aromatic nitrogens is 1. The van der Waals surface area contributed by atoms with Crippen molar-refractivity contribution in [2.75, 3.05) is 38.5 Å². The molecule has 2 saturated heterocycles. The van der Waals surface area contributed by atoms with Crippen LogP contribution < -0.4 is 20.1 Å². The first-order valence-corrected chi connectivity index (χ1v) is 11.9. The number of carbonyl (C=O) groups excluding carboxylic acids is 2. The summed E-state index contributed by atoms with van der Waals surface area (Å²) in [6, 6.07) is 11.0. The minimum Gasteiger partial charge on any atom is -0.324 e. The van der Waals surface area contributed by atoms with Crippen LogP contribution in [0, 0.1) is 0 Å². The van der Waals surface area contributed by atoms with Crippen LogP contribution in [0.4, 0.5) is 21.1 Å². The van der Waals surface area contributed by atoms with Gasteiger partial charge in [0.2, 0.25) is 0 Å². The lowest BCUT2D eigenvalue weighted by Gasteiger charge is -2.36. The van der Waals surface area contributed by atoms with E-state index in [0.29, 0.717) is 23.3 Å². The first-order chi connectivity index (χ1) is 16.6. The molecule has 1 aromatic heterocycles. The molecule has 178 valence electrons. The van der Waals surface area contributed by atoms with Crippen molar-refractivity contribution in [2.24, 2.45) is 0 Å². The normalized spacial score (nSPS) is 22.4. The Labute approximate surface area is 199 Å². The highest BCUT2D eigenvalue weighted by Crippen LogP contribution is 2.37. The van der Waals surface area contributed by atoms with Gasteiger partial charge in [0, 0.05) is 66.9 Å². The maximum absolute atomic E-state index is 12.9. The van der Waals surface area contributed by atoms with E-state index < -0.39 is 4.65 Å². The lowest BCUT2D eigenvalue weighted by molar-refractivity contribution is 0.0423. The van der Waals surface area contributed by atoms with Crippen LogP contribution in [0.15, 0.2) is 48.8 Å². The largest absolute Gasteiger partial charge is 0.468 e. The number of carbonyl (C=O) groups is 2. The molecule has 0 saturated carbocycles. The third-order valence-electron chi connectivity index (χ3n) is 6.90. The van der Waals surface area contributed by atoms with E-state index >= 15 is 0 Å². The quantitative estimate of drug-likeness (QED) is 0.674. The van der Waals surface area contributed by atoms with E-state index in [1.807, 2.05) is 35.2 Å². The van der Waals surface area contributed by atoms with Gasteiger partial charge in [-0.1, -0.05) is 12.1 Å². The zero-order chi connectivity index (χ0) is 23.5. The number of likely N-dealkylation sites (tertiary alicyclic amines) is 2. The van der Waals surface area contributed by atoms with Gasteiger partial charge in [-0.25, -0.2) is 14.6 Å². The van der Waals surface area contributed by atoms with Crippen molar-refractivity contribution in [3.05, 3.63) is 54.4 Å². The lowest BCUT2D eigenvalue weighted by atomic mass is 10.0. The summed E-state index contributed by atoms with van der Waals surface area (Å²) in [5.41, 5.74) is 1.62. The highest BCUT2D eigenvalue weighted by atomic mass is 16.7. The Morgan fingerprint density at radius 3 is 2.62 bits per heavy atom. The van der Waals surface area contributed by atoms with Gasteiger partial charge in [-0.15, -0.1) is 0 Å². The summed E-state index contributed by atoms with van der Waals surface area (Å²) in [6.45, 7) is 3.84. The van der Waals surface area contributed by atoms with E-state index in [4.69, 9.17) is 4.84 Å². The molecule has 0 spiro atoms. The molecule has 0 radical (unpaired) electrons. The molecule has 34 heavy (non-hydrogen) atoms. The zero-order valence-electron chi connectivity index (χ0n) is 19.4. The fourth-order valence-electron chi connectivity index (χ4n) is 5.09. The van der Waals surface area contributed by atoms with Crippen LogP contribution in [-0.2, 0) is 0 Å². The summed E-state index contributed by atoms with van der Waals surface area (Å²) in [7, 11) is 1.57. The van der Waals surface area contributed by atoms with Crippen LogP contribution in [0.3, 0.4) is 0 Å². The Bertz CT molecular complexity index is 1090. The predicted molar refractivity (Wildman–Crippen MR) is 131 cm³/mol. The van der Waals surface area contributed by atoms with Gasteiger partial charge in [-0.2, -0.15) is 0 Å². The van der Waals surface area contributed by atoms with E-state index in [9.17, 15) is 9.59 Å². The molecular weight excluding hydrogens is 432 g/mol. The van der Waals surface area contributed by atoms with Crippen LogP contribution in [0.25, 0.3) is 6.08 Å². The van der Waals surface area contributed by atoms with Crippen LogP contribution in [0.1, 0.15) is 31.2 Å². The SMILES string of the molecule is CNC(=O)[N@@+]1(Oc2ccnc(NC(=O)N3CCC(N4CCCC4)CC3)c2)C=Cc2ccccc21. The van der Waals surface area contributed by atoms with Gasteiger partial charge in [0.25, 0.3) is 0 Å². The van der Waals surface area contributed by atoms with Crippen LogP contribution in [0.2, 0.25) is 0 Å². The molecule has 2 fully saturated rings. The number of para-hydroxylation sites is 1. The van der Waals surface area contributed by atoms with Gasteiger partial charge in [-0.3, -0.25) is 10.2 Å². The molecule has 9 heteroatoms. The van der Waals surface area contributed by atoms with Crippen molar-refractivity contribution in [1.82, 2.24) is 24.7 Å². The second-order valence-corrected chi connectivity index (χ2v) is 8.95. The number of amides is 4. The minimum absolute atomic E-state index is 0.161. The minimum atomic E-state index is -0.450. The summed E-state index contributed by atoms with van der Waals surface area (Å²) in [5.74, 6) is 0.804. The number of pyridine rings is 1. The van der Waals surface area contributed by atoms with Crippen LogP contribution >= 0.6 is 0 Å². The van der Waals surface area contributed by atoms with Gasteiger partial charge in [0.05, 0.1) is 0 Å². The molecule has 1 atom stereocenters. The molecule has 4 amide bonds. The number of piperidine rings is 1. The first-order valence-electron chi connectivity index (χ1n) is 11.9. The fraction of sp³-hybridized carbons (Fsp3) is 0.400.